The van der Waals surface area contributed by atoms with Crippen LogP contribution in [0.4, 0.5) is 0 Å². The average molecular weight is 480 g/mol. The highest BCUT2D eigenvalue weighted by Gasteiger charge is 2.27. The van der Waals surface area contributed by atoms with Crippen molar-refractivity contribution in [2.75, 3.05) is 19.7 Å². The van der Waals surface area contributed by atoms with Crippen LogP contribution in [0, 0.1) is 0 Å². The highest BCUT2D eigenvalue weighted by Crippen LogP contribution is 2.21. The Labute approximate surface area is 199 Å². The van der Waals surface area contributed by atoms with Crippen molar-refractivity contribution in [3.8, 4) is 5.75 Å². The first kappa shape index (κ1) is 23.7. The fraction of sp³-hybridized carbons (Fsp3) is 0.231. The first-order valence-electron chi connectivity index (χ1n) is 11.0. The predicted molar refractivity (Wildman–Crippen MR) is 126 cm³/mol. The molecule has 3 aromatic rings. The summed E-state index contributed by atoms with van der Waals surface area (Å²) in [5.41, 5.74) is 1.54. The molecule has 0 aromatic heterocycles. The molecule has 7 nitrogen and oxygen atoms in total. The molecule has 8 heteroatoms. The standard InChI is InChI=1S/C26H25NO6S/c28-25(21-11-13-24(14-12-21)34(30,31)27-15-4-5-16-27)19-33-26(29)22-9-6-10-23(17-22)32-18-20-7-2-1-3-8-20/h1-3,6-14,17H,4-5,15-16,18-19H2. The van der Waals surface area contributed by atoms with E-state index in [9.17, 15) is 18.0 Å². The Morgan fingerprint density at radius 1 is 0.824 bits per heavy atom. The molecule has 1 fully saturated rings. The van der Waals surface area contributed by atoms with E-state index < -0.39 is 28.4 Å². The maximum atomic E-state index is 12.6. The topological polar surface area (TPSA) is 90.0 Å². The van der Waals surface area contributed by atoms with E-state index in [4.69, 9.17) is 9.47 Å². The Morgan fingerprint density at radius 2 is 1.53 bits per heavy atom. The minimum atomic E-state index is -3.54. The quantitative estimate of drug-likeness (QED) is 0.339. The van der Waals surface area contributed by atoms with Gasteiger partial charge in [0, 0.05) is 18.7 Å². The number of hydrogen-bond acceptors (Lipinski definition) is 6. The molecule has 0 aliphatic carbocycles. The van der Waals surface area contributed by atoms with Crippen molar-refractivity contribution in [2.24, 2.45) is 0 Å². The highest BCUT2D eigenvalue weighted by atomic mass is 32.2. The van der Waals surface area contributed by atoms with Crippen LogP contribution in [-0.4, -0.2) is 44.2 Å². The van der Waals surface area contributed by atoms with E-state index >= 15 is 0 Å². The van der Waals surface area contributed by atoms with E-state index in [1.807, 2.05) is 30.3 Å². The molecule has 176 valence electrons. The van der Waals surface area contributed by atoms with Crippen molar-refractivity contribution < 1.29 is 27.5 Å². The van der Waals surface area contributed by atoms with Crippen molar-refractivity contribution in [3.05, 3.63) is 95.6 Å². The molecule has 4 rings (SSSR count). The molecule has 34 heavy (non-hydrogen) atoms. The summed E-state index contributed by atoms with van der Waals surface area (Å²) in [6, 6.07) is 21.9. The number of ketones is 1. The molecule has 0 saturated carbocycles. The summed E-state index contributed by atoms with van der Waals surface area (Å²) in [5, 5.41) is 0. The van der Waals surface area contributed by atoms with Gasteiger partial charge < -0.3 is 9.47 Å². The van der Waals surface area contributed by atoms with Gasteiger partial charge in [0.15, 0.2) is 12.4 Å². The van der Waals surface area contributed by atoms with Crippen molar-refractivity contribution in [2.45, 2.75) is 24.3 Å². The number of carbonyl (C=O) groups excluding carboxylic acids is 2. The monoisotopic (exact) mass is 479 g/mol. The first-order valence-corrected chi connectivity index (χ1v) is 12.4. The van der Waals surface area contributed by atoms with Gasteiger partial charge in [0.1, 0.15) is 12.4 Å². The SMILES string of the molecule is O=C(COC(=O)c1cccc(OCc2ccccc2)c1)c1ccc(S(=O)(=O)N2CCCC2)cc1. The fourth-order valence-corrected chi connectivity index (χ4v) is 5.16. The normalized spacial score (nSPS) is 14.0. The van der Waals surface area contributed by atoms with E-state index in [-0.39, 0.29) is 16.0 Å². The molecule has 0 unspecified atom stereocenters. The third-order valence-corrected chi connectivity index (χ3v) is 7.44. The minimum absolute atomic E-state index is 0.148. The summed E-state index contributed by atoms with van der Waals surface area (Å²) in [4.78, 5) is 25.0. The molecule has 0 atom stereocenters. The van der Waals surface area contributed by atoms with Gasteiger partial charge in [-0.3, -0.25) is 4.79 Å². The summed E-state index contributed by atoms with van der Waals surface area (Å²) < 4.78 is 37.6. The van der Waals surface area contributed by atoms with Gasteiger partial charge in [-0.05, 0) is 60.9 Å². The first-order chi connectivity index (χ1) is 16.4. The van der Waals surface area contributed by atoms with Crippen LogP contribution in [0.2, 0.25) is 0 Å². The number of hydrogen-bond donors (Lipinski definition) is 0. The van der Waals surface area contributed by atoms with Crippen molar-refractivity contribution in [1.82, 2.24) is 4.31 Å². The van der Waals surface area contributed by atoms with Crippen LogP contribution in [0.5, 0.6) is 5.75 Å². The largest absolute Gasteiger partial charge is 0.489 e. The zero-order chi connectivity index (χ0) is 24.0. The smallest absolute Gasteiger partial charge is 0.338 e. The molecule has 0 amide bonds. The zero-order valence-electron chi connectivity index (χ0n) is 18.6. The van der Waals surface area contributed by atoms with Gasteiger partial charge in [-0.25, -0.2) is 13.2 Å². The molecule has 0 radical (unpaired) electrons. The Bertz CT molecular complexity index is 1250. The van der Waals surface area contributed by atoms with Crippen LogP contribution >= 0.6 is 0 Å². The van der Waals surface area contributed by atoms with Crippen LogP contribution in [0.25, 0.3) is 0 Å². The lowest BCUT2D eigenvalue weighted by molar-refractivity contribution is 0.0474. The summed E-state index contributed by atoms with van der Waals surface area (Å²) in [7, 11) is -3.54. The molecule has 0 bridgehead atoms. The summed E-state index contributed by atoms with van der Waals surface area (Å²) in [5.74, 6) is -0.555. The molecule has 0 N–H and O–H groups in total. The molecule has 0 spiro atoms. The molecule has 1 aliphatic heterocycles. The summed E-state index contributed by atoms with van der Waals surface area (Å²) >= 11 is 0. The summed E-state index contributed by atoms with van der Waals surface area (Å²) in [6.07, 6.45) is 1.70. The van der Waals surface area contributed by atoms with Crippen molar-refractivity contribution in [3.63, 3.8) is 0 Å². The second kappa shape index (κ2) is 10.6. The van der Waals surface area contributed by atoms with Gasteiger partial charge >= 0.3 is 5.97 Å². The molecule has 1 heterocycles. The van der Waals surface area contributed by atoms with Crippen LogP contribution in [-0.2, 0) is 21.4 Å². The van der Waals surface area contributed by atoms with Gasteiger partial charge in [0.2, 0.25) is 10.0 Å². The van der Waals surface area contributed by atoms with Crippen molar-refractivity contribution >= 4 is 21.8 Å². The number of nitrogens with zero attached hydrogens (tertiary/aromatic N) is 1. The lowest BCUT2D eigenvalue weighted by atomic mass is 10.1. The van der Waals surface area contributed by atoms with Gasteiger partial charge in [-0.15, -0.1) is 0 Å². The third-order valence-electron chi connectivity index (χ3n) is 5.53. The average Bonchev–Trinajstić information content (AvgIpc) is 3.43. The molecule has 3 aromatic carbocycles. The van der Waals surface area contributed by atoms with E-state index in [0.29, 0.717) is 25.4 Å². The Hall–Kier alpha value is -3.49. The fourth-order valence-electron chi connectivity index (χ4n) is 3.64. The molecular weight excluding hydrogens is 454 g/mol. The van der Waals surface area contributed by atoms with Gasteiger partial charge in [-0.2, -0.15) is 4.31 Å². The number of benzene rings is 3. The lowest BCUT2D eigenvalue weighted by Crippen LogP contribution is -2.27. The van der Waals surface area contributed by atoms with Gasteiger partial charge in [-0.1, -0.05) is 36.4 Å². The number of esters is 1. The Morgan fingerprint density at radius 3 is 2.24 bits per heavy atom. The van der Waals surface area contributed by atoms with Crippen LogP contribution in [0.15, 0.2) is 83.8 Å². The zero-order valence-corrected chi connectivity index (χ0v) is 19.4. The minimum Gasteiger partial charge on any atom is -0.489 e. The van der Waals surface area contributed by atoms with Crippen LogP contribution in [0.1, 0.15) is 39.1 Å². The lowest BCUT2D eigenvalue weighted by Gasteiger charge is -2.15. The number of carbonyl (C=O) groups is 2. The van der Waals surface area contributed by atoms with Gasteiger partial charge in [0.25, 0.3) is 0 Å². The number of Topliss-reactive ketones (excluding diaryl/α,β-unsaturated/α-hetero) is 1. The number of sulfonamides is 1. The number of rotatable bonds is 9. The molecule has 1 aliphatic rings. The third kappa shape index (κ3) is 5.70. The predicted octanol–water partition coefficient (Wildman–Crippen LogP) is 4.09. The Balaban J connectivity index is 1.32. The maximum Gasteiger partial charge on any atom is 0.338 e. The molecular formula is C26H25NO6S. The van der Waals surface area contributed by atoms with E-state index in [0.717, 1.165) is 18.4 Å². The van der Waals surface area contributed by atoms with E-state index in [2.05, 4.69) is 0 Å². The van der Waals surface area contributed by atoms with Crippen LogP contribution < -0.4 is 4.74 Å². The second-order valence-corrected chi connectivity index (χ2v) is 9.87. The van der Waals surface area contributed by atoms with E-state index in [1.54, 1.807) is 24.3 Å². The number of ether oxygens (including phenoxy) is 2. The maximum absolute atomic E-state index is 12.6. The Kier molecular flexibility index (Phi) is 7.40. The van der Waals surface area contributed by atoms with Crippen LogP contribution in [0.3, 0.4) is 0 Å². The van der Waals surface area contributed by atoms with Gasteiger partial charge in [0.05, 0.1) is 10.5 Å². The summed E-state index contributed by atoms with van der Waals surface area (Å²) in [6.45, 7) is 0.933. The second-order valence-electron chi connectivity index (χ2n) is 7.94. The highest BCUT2D eigenvalue weighted by molar-refractivity contribution is 7.89. The van der Waals surface area contributed by atoms with E-state index in [1.165, 1.54) is 28.6 Å². The van der Waals surface area contributed by atoms with Crippen molar-refractivity contribution in [1.29, 1.82) is 0 Å². The molecule has 1 saturated heterocycles.